The van der Waals surface area contributed by atoms with Crippen molar-refractivity contribution >= 4 is 51.8 Å². The molecule has 5 rings (SSSR count). The number of benzene rings is 3. The van der Waals surface area contributed by atoms with Gasteiger partial charge in [-0.15, -0.1) is 0 Å². The Morgan fingerprint density at radius 1 is 0.939 bits per heavy atom. The molecule has 164 valence electrons. The van der Waals surface area contributed by atoms with Gasteiger partial charge in [-0.25, -0.2) is 0 Å². The summed E-state index contributed by atoms with van der Waals surface area (Å²) in [6.07, 6.45) is 0. The largest absolute Gasteiger partial charge is 0.351 e. The van der Waals surface area contributed by atoms with Gasteiger partial charge in [0.15, 0.2) is 5.11 Å². The number of hydrogen-bond acceptors (Lipinski definition) is 4. The first-order valence-corrected chi connectivity index (χ1v) is 11.4. The number of anilines is 1. The summed E-state index contributed by atoms with van der Waals surface area (Å²) in [7, 11) is 0. The number of para-hydroxylation sites is 1. The first-order chi connectivity index (χ1) is 16.0. The molecular formula is C25H18Cl2N4OS. The van der Waals surface area contributed by atoms with Gasteiger partial charge in [-0.1, -0.05) is 70.8 Å². The summed E-state index contributed by atoms with van der Waals surface area (Å²) >= 11 is 18.0. The topological polar surface area (TPSA) is 54.2 Å². The molecule has 4 aromatic rings. The van der Waals surface area contributed by atoms with Gasteiger partial charge in [0.2, 0.25) is 5.82 Å². The van der Waals surface area contributed by atoms with Crippen LogP contribution in [0.5, 0.6) is 0 Å². The van der Waals surface area contributed by atoms with Gasteiger partial charge in [0.1, 0.15) is 0 Å². The van der Waals surface area contributed by atoms with E-state index in [-0.39, 0.29) is 6.04 Å². The molecule has 0 saturated heterocycles. The third kappa shape index (κ3) is 4.25. The number of nitrogens with zero attached hydrogens (tertiary/aromatic N) is 3. The predicted octanol–water partition coefficient (Wildman–Crippen LogP) is 6.91. The Bertz CT molecular complexity index is 1350. The van der Waals surface area contributed by atoms with Crippen molar-refractivity contribution in [2.24, 2.45) is 0 Å². The Kier molecular flexibility index (Phi) is 5.89. The van der Waals surface area contributed by atoms with E-state index in [0.717, 1.165) is 28.1 Å². The second-order valence-electron chi connectivity index (χ2n) is 7.54. The minimum absolute atomic E-state index is 0.289. The van der Waals surface area contributed by atoms with Crippen LogP contribution in [0.15, 0.2) is 89.1 Å². The van der Waals surface area contributed by atoms with Gasteiger partial charge in [0.05, 0.1) is 11.6 Å². The first kappa shape index (κ1) is 21.6. The molecule has 0 aliphatic carbocycles. The molecule has 1 aliphatic rings. The molecular weight excluding hydrogens is 475 g/mol. The van der Waals surface area contributed by atoms with Crippen LogP contribution in [0.3, 0.4) is 0 Å². The Morgan fingerprint density at radius 3 is 2.42 bits per heavy atom. The van der Waals surface area contributed by atoms with E-state index in [9.17, 15) is 0 Å². The van der Waals surface area contributed by atoms with Crippen LogP contribution in [0.25, 0.3) is 17.0 Å². The van der Waals surface area contributed by atoms with E-state index in [0.29, 0.717) is 26.9 Å². The van der Waals surface area contributed by atoms with E-state index >= 15 is 0 Å². The zero-order valence-corrected chi connectivity index (χ0v) is 19.8. The highest BCUT2D eigenvalue weighted by atomic mass is 35.5. The van der Waals surface area contributed by atoms with E-state index in [2.05, 4.69) is 10.5 Å². The highest BCUT2D eigenvalue weighted by Crippen LogP contribution is 2.39. The fourth-order valence-corrected chi connectivity index (χ4v) is 4.57. The summed E-state index contributed by atoms with van der Waals surface area (Å²) in [5.41, 5.74) is 4.42. The standard InChI is InChI=1S/C25H18Cl2N4OS/c1-15-21(24-29-23(30-32-24)17-6-5-7-19(27)14-17)22(16-10-12-18(26)13-11-16)28-25(33)31(15)20-8-3-2-4-9-20/h2-14,22H,1H3,(H,28,33). The lowest BCUT2D eigenvalue weighted by Crippen LogP contribution is -2.46. The maximum Gasteiger partial charge on any atom is 0.258 e. The summed E-state index contributed by atoms with van der Waals surface area (Å²) in [4.78, 5) is 6.68. The van der Waals surface area contributed by atoms with Gasteiger partial charge in [0, 0.05) is 27.0 Å². The smallest absolute Gasteiger partial charge is 0.258 e. The van der Waals surface area contributed by atoms with Crippen molar-refractivity contribution in [3.63, 3.8) is 0 Å². The molecule has 8 heteroatoms. The second kappa shape index (κ2) is 8.98. The van der Waals surface area contributed by atoms with Crippen LogP contribution >= 0.6 is 35.4 Å². The number of aromatic nitrogens is 2. The van der Waals surface area contributed by atoms with E-state index < -0.39 is 0 Å². The SMILES string of the molecule is CC1=C(c2nc(-c3cccc(Cl)c3)no2)C(c2ccc(Cl)cc2)NC(=S)N1c1ccccc1. The number of allylic oxidation sites excluding steroid dienone is 1. The Morgan fingerprint density at radius 2 is 1.70 bits per heavy atom. The number of thiocarbonyl (C=S) groups is 1. The summed E-state index contributed by atoms with van der Waals surface area (Å²) in [5, 5.41) is 9.51. The Balaban J connectivity index is 1.65. The van der Waals surface area contributed by atoms with Crippen LogP contribution in [0.2, 0.25) is 10.0 Å². The molecule has 0 saturated carbocycles. The highest BCUT2D eigenvalue weighted by Gasteiger charge is 2.34. The summed E-state index contributed by atoms with van der Waals surface area (Å²) in [6.45, 7) is 2.00. The number of nitrogens with one attached hydrogen (secondary N) is 1. The van der Waals surface area contributed by atoms with Crippen molar-refractivity contribution in [2.45, 2.75) is 13.0 Å². The maximum absolute atomic E-state index is 6.16. The number of hydrogen-bond donors (Lipinski definition) is 1. The highest BCUT2D eigenvalue weighted by molar-refractivity contribution is 7.80. The molecule has 1 aliphatic heterocycles. The molecule has 1 N–H and O–H groups in total. The predicted molar refractivity (Wildman–Crippen MR) is 136 cm³/mol. The minimum atomic E-state index is -0.289. The Hall–Kier alpha value is -3.19. The molecule has 5 nitrogen and oxygen atoms in total. The molecule has 0 fully saturated rings. The Labute approximate surface area is 206 Å². The van der Waals surface area contributed by atoms with Gasteiger partial charge in [-0.05, 0) is 61.1 Å². The van der Waals surface area contributed by atoms with Crippen molar-refractivity contribution < 1.29 is 4.52 Å². The van der Waals surface area contributed by atoms with E-state index in [4.69, 9.17) is 44.9 Å². The lowest BCUT2D eigenvalue weighted by atomic mass is 9.94. The average molecular weight is 493 g/mol. The molecule has 3 aromatic carbocycles. The number of halogens is 2. The van der Waals surface area contributed by atoms with Crippen LogP contribution < -0.4 is 10.2 Å². The molecule has 1 atom stereocenters. The molecule has 0 spiro atoms. The quantitative estimate of drug-likeness (QED) is 0.312. The van der Waals surface area contributed by atoms with Crippen molar-refractivity contribution in [2.75, 3.05) is 4.90 Å². The lowest BCUT2D eigenvalue weighted by Gasteiger charge is -2.37. The molecule has 0 amide bonds. The fourth-order valence-electron chi connectivity index (χ4n) is 3.89. The molecule has 2 heterocycles. The lowest BCUT2D eigenvalue weighted by molar-refractivity contribution is 0.404. The zero-order valence-electron chi connectivity index (χ0n) is 17.5. The summed E-state index contributed by atoms with van der Waals surface area (Å²) < 4.78 is 5.77. The van der Waals surface area contributed by atoms with Crippen molar-refractivity contribution in [1.82, 2.24) is 15.5 Å². The van der Waals surface area contributed by atoms with Crippen molar-refractivity contribution in [1.29, 1.82) is 0 Å². The van der Waals surface area contributed by atoms with Crippen molar-refractivity contribution in [3.8, 4) is 11.4 Å². The van der Waals surface area contributed by atoms with Gasteiger partial charge >= 0.3 is 0 Å². The van der Waals surface area contributed by atoms with E-state index in [1.165, 1.54) is 0 Å². The normalized spacial score (nSPS) is 16.2. The van der Waals surface area contributed by atoms with Gasteiger partial charge in [-0.2, -0.15) is 4.98 Å². The summed E-state index contributed by atoms with van der Waals surface area (Å²) in [6, 6.07) is 24.6. The monoisotopic (exact) mass is 492 g/mol. The minimum Gasteiger partial charge on any atom is -0.351 e. The van der Waals surface area contributed by atoms with Crippen LogP contribution in [0, 0.1) is 0 Å². The van der Waals surface area contributed by atoms with Gasteiger partial charge < -0.3 is 9.84 Å². The third-order valence-corrected chi connectivity index (χ3v) is 6.23. The van der Waals surface area contributed by atoms with Crippen LogP contribution in [-0.2, 0) is 0 Å². The maximum atomic E-state index is 6.16. The molecule has 0 radical (unpaired) electrons. The van der Waals surface area contributed by atoms with Gasteiger partial charge in [0.25, 0.3) is 5.89 Å². The van der Waals surface area contributed by atoms with E-state index in [1.54, 1.807) is 12.1 Å². The second-order valence-corrected chi connectivity index (χ2v) is 8.80. The summed E-state index contributed by atoms with van der Waals surface area (Å²) in [5.74, 6) is 0.862. The number of rotatable bonds is 4. The van der Waals surface area contributed by atoms with E-state index in [1.807, 2.05) is 78.6 Å². The average Bonchev–Trinajstić information content (AvgIpc) is 3.30. The molecule has 1 aromatic heterocycles. The molecule has 33 heavy (non-hydrogen) atoms. The van der Waals surface area contributed by atoms with Crippen LogP contribution in [-0.4, -0.2) is 15.3 Å². The van der Waals surface area contributed by atoms with Crippen LogP contribution in [0.4, 0.5) is 5.69 Å². The third-order valence-electron chi connectivity index (χ3n) is 5.44. The van der Waals surface area contributed by atoms with Crippen molar-refractivity contribution in [3.05, 3.63) is 106 Å². The fraction of sp³-hybridized carbons (Fsp3) is 0.0800. The molecule has 0 bridgehead atoms. The molecule has 1 unspecified atom stereocenters. The first-order valence-electron chi connectivity index (χ1n) is 10.2. The van der Waals surface area contributed by atoms with Gasteiger partial charge in [-0.3, -0.25) is 4.90 Å². The van der Waals surface area contributed by atoms with Crippen LogP contribution in [0.1, 0.15) is 24.4 Å². The zero-order chi connectivity index (χ0) is 22.9.